The summed E-state index contributed by atoms with van der Waals surface area (Å²) in [5, 5.41) is 23.1. The number of aliphatic hydroxyl groups excluding tert-OH is 1. The lowest BCUT2D eigenvalue weighted by Gasteiger charge is -2.14. The van der Waals surface area contributed by atoms with Crippen LogP contribution in [0.25, 0.3) is 21.7 Å². The van der Waals surface area contributed by atoms with Gasteiger partial charge in [-0.05, 0) is 29.5 Å². The number of rotatable bonds is 14. The molecule has 2 aromatic heterocycles. The quantitative estimate of drug-likeness (QED) is 0.188. The van der Waals surface area contributed by atoms with Gasteiger partial charge in [0.25, 0.3) is 0 Å². The number of hydrogen-bond donors (Lipinski definition) is 1. The van der Waals surface area contributed by atoms with Crippen LogP contribution in [0.15, 0.2) is 58.9 Å². The molecule has 0 aliphatic rings. The van der Waals surface area contributed by atoms with Gasteiger partial charge in [-0.25, -0.2) is 4.98 Å². The van der Waals surface area contributed by atoms with Gasteiger partial charge in [0.05, 0.1) is 28.0 Å². The fourth-order valence-electron chi connectivity index (χ4n) is 3.69. The van der Waals surface area contributed by atoms with Gasteiger partial charge in [-0.1, -0.05) is 75.4 Å². The van der Waals surface area contributed by atoms with E-state index in [4.69, 9.17) is 4.98 Å². The van der Waals surface area contributed by atoms with E-state index in [-0.39, 0.29) is 5.75 Å². The van der Waals surface area contributed by atoms with Crippen LogP contribution in [-0.2, 0) is 10.8 Å². The minimum atomic E-state index is -1.03. The molecule has 2 heterocycles. The van der Waals surface area contributed by atoms with Crippen molar-refractivity contribution in [2.75, 3.05) is 17.3 Å². The molecule has 1 N–H and O–H groups in total. The van der Waals surface area contributed by atoms with Gasteiger partial charge in [-0.2, -0.15) is 5.26 Å². The Kier molecular flexibility index (Phi) is 11.3. The van der Waals surface area contributed by atoms with Gasteiger partial charge >= 0.3 is 0 Å². The van der Waals surface area contributed by atoms with Crippen molar-refractivity contribution >= 4 is 33.9 Å². The summed E-state index contributed by atoms with van der Waals surface area (Å²) in [6.45, 7) is 2.20. The Bertz CT molecular complexity index is 1080. The highest BCUT2D eigenvalue weighted by Gasteiger charge is 2.18. The van der Waals surface area contributed by atoms with Crippen LogP contribution >= 0.6 is 23.1 Å². The minimum Gasteiger partial charge on any atom is -0.391 e. The molecule has 2 atom stereocenters. The maximum atomic E-state index is 12.4. The monoisotopic (exact) mass is 512 g/mol. The number of aromatic nitrogens is 1. The average molecular weight is 513 g/mol. The number of pyridine rings is 1. The highest BCUT2D eigenvalue weighted by atomic mass is 32.2. The largest absolute Gasteiger partial charge is 0.391 e. The molecule has 1 aromatic carbocycles. The molecule has 34 heavy (non-hydrogen) atoms. The average Bonchev–Trinajstić information content (AvgIpc) is 3.40. The van der Waals surface area contributed by atoms with E-state index in [1.54, 1.807) is 11.3 Å². The first-order chi connectivity index (χ1) is 16.6. The Labute approximate surface area is 213 Å². The van der Waals surface area contributed by atoms with Crippen molar-refractivity contribution in [3.63, 3.8) is 0 Å². The standard InChI is InChI=1S/C27H32N2O2S3/c1-2-3-4-5-6-10-16-34(31)20-22(30)19-33-27-24(18-28)23(21-12-8-7-9-13-21)17-25(29-27)26-14-11-15-32-26/h7-9,11-15,17,22,30H,2-6,10,16,19-20H2,1H3/t22-,34+/m1/s1. The van der Waals surface area contributed by atoms with E-state index in [2.05, 4.69) is 13.0 Å². The SMILES string of the molecule is CCCCCCCC[S@](=O)C[C@H](O)CSc1nc(-c2cccs2)cc(-c2ccccc2)c1C#N. The third kappa shape index (κ3) is 8.06. The predicted molar refractivity (Wildman–Crippen MR) is 146 cm³/mol. The zero-order valence-electron chi connectivity index (χ0n) is 19.6. The number of thiophene rings is 1. The minimum absolute atomic E-state index is 0.264. The zero-order valence-corrected chi connectivity index (χ0v) is 22.1. The zero-order chi connectivity index (χ0) is 24.2. The van der Waals surface area contributed by atoms with E-state index >= 15 is 0 Å². The molecule has 0 saturated heterocycles. The van der Waals surface area contributed by atoms with Crippen LogP contribution in [0.4, 0.5) is 0 Å². The second kappa shape index (κ2) is 14.4. The summed E-state index contributed by atoms with van der Waals surface area (Å²) >= 11 is 2.97. The van der Waals surface area contributed by atoms with E-state index in [1.807, 2.05) is 53.9 Å². The maximum Gasteiger partial charge on any atom is 0.115 e. The number of nitriles is 1. The summed E-state index contributed by atoms with van der Waals surface area (Å²) in [4.78, 5) is 5.80. The molecule has 0 spiro atoms. The summed E-state index contributed by atoms with van der Waals surface area (Å²) < 4.78 is 12.4. The molecule has 180 valence electrons. The topological polar surface area (TPSA) is 74.0 Å². The van der Waals surface area contributed by atoms with E-state index in [1.165, 1.54) is 37.4 Å². The molecule has 0 bridgehead atoms. The number of thioether (sulfide) groups is 1. The van der Waals surface area contributed by atoms with Crippen LogP contribution < -0.4 is 0 Å². The first kappa shape index (κ1) is 26.6. The van der Waals surface area contributed by atoms with Crippen molar-refractivity contribution in [3.05, 3.63) is 59.5 Å². The molecular weight excluding hydrogens is 481 g/mol. The summed E-state index contributed by atoms with van der Waals surface area (Å²) in [6.07, 6.45) is 6.26. The molecule has 4 nitrogen and oxygen atoms in total. The fourth-order valence-corrected chi connectivity index (χ4v) is 6.70. The lowest BCUT2D eigenvalue weighted by atomic mass is 10.0. The van der Waals surface area contributed by atoms with Crippen molar-refractivity contribution in [1.29, 1.82) is 5.26 Å². The number of aliphatic hydroxyl groups is 1. The van der Waals surface area contributed by atoms with E-state index in [0.29, 0.717) is 22.1 Å². The first-order valence-electron chi connectivity index (χ1n) is 11.8. The summed E-state index contributed by atoms with van der Waals surface area (Å²) in [7, 11) is -1.03. The molecule has 0 aliphatic heterocycles. The second-order valence-electron chi connectivity index (χ2n) is 8.23. The Balaban J connectivity index is 1.67. The highest BCUT2D eigenvalue weighted by Crippen LogP contribution is 2.35. The van der Waals surface area contributed by atoms with Crippen LogP contribution in [0.1, 0.15) is 51.0 Å². The van der Waals surface area contributed by atoms with E-state index < -0.39 is 16.9 Å². The fraction of sp³-hybridized carbons (Fsp3) is 0.407. The number of unbranched alkanes of at least 4 members (excludes halogenated alkanes) is 5. The third-order valence-electron chi connectivity index (χ3n) is 5.47. The number of benzene rings is 1. The molecule has 0 amide bonds. The van der Waals surface area contributed by atoms with Gasteiger partial charge in [0.15, 0.2) is 0 Å². The molecule has 0 aliphatic carbocycles. The van der Waals surface area contributed by atoms with Crippen molar-refractivity contribution in [2.45, 2.75) is 56.6 Å². The second-order valence-corrected chi connectivity index (χ2v) is 11.8. The summed E-state index contributed by atoms with van der Waals surface area (Å²) in [5.74, 6) is 1.26. The molecule has 3 aromatic rings. The van der Waals surface area contributed by atoms with Gasteiger partial charge in [0, 0.05) is 27.9 Å². The predicted octanol–water partition coefficient (Wildman–Crippen LogP) is 6.91. The Morgan fingerprint density at radius 1 is 1.12 bits per heavy atom. The molecular formula is C27H32N2O2S3. The highest BCUT2D eigenvalue weighted by molar-refractivity contribution is 7.99. The lowest BCUT2D eigenvalue weighted by molar-refractivity contribution is 0.224. The maximum absolute atomic E-state index is 12.4. The van der Waals surface area contributed by atoms with Gasteiger partial charge < -0.3 is 5.11 Å². The first-order valence-corrected chi connectivity index (χ1v) is 15.2. The summed E-state index contributed by atoms with van der Waals surface area (Å²) in [6, 6.07) is 18.1. The van der Waals surface area contributed by atoms with E-state index in [9.17, 15) is 14.6 Å². The lowest BCUT2D eigenvalue weighted by Crippen LogP contribution is -2.21. The van der Waals surface area contributed by atoms with Crippen LogP contribution in [0.2, 0.25) is 0 Å². The molecule has 7 heteroatoms. The Morgan fingerprint density at radius 2 is 1.88 bits per heavy atom. The smallest absolute Gasteiger partial charge is 0.115 e. The van der Waals surface area contributed by atoms with Crippen LogP contribution in [0.5, 0.6) is 0 Å². The molecule has 3 rings (SSSR count). The third-order valence-corrected chi connectivity index (χ3v) is 8.99. The number of nitrogens with zero attached hydrogens (tertiary/aromatic N) is 2. The molecule has 0 fully saturated rings. The van der Waals surface area contributed by atoms with Gasteiger partial charge in [-0.15, -0.1) is 23.1 Å². The Morgan fingerprint density at radius 3 is 2.59 bits per heavy atom. The number of hydrogen-bond acceptors (Lipinski definition) is 6. The van der Waals surface area contributed by atoms with Crippen molar-refractivity contribution in [3.8, 4) is 27.8 Å². The molecule has 0 unspecified atom stereocenters. The van der Waals surface area contributed by atoms with Gasteiger partial charge in [0.1, 0.15) is 11.1 Å². The van der Waals surface area contributed by atoms with Crippen molar-refractivity contribution in [1.82, 2.24) is 4.98 Å². The summed E-state index contributed by atoms with van der Waals surface area (Å²) in [5.41, 5.74) is 3.13. The normalized spacial score (nSPS) is 12.9. The van der Waals surface area contributed by atoms with E-state index in [0.717, 1.165) is 34.5 Å². The van der Waals surface area contributed by atoms with Crippen molar-refractivity contribution in [2.24, 2.45) is 0 Å². The molecule has 0 saturated carbocycles. The van der Waals surface area contributed by atoms with Crippen LogP contribution in [-0.4, -0.2) is 37.7 Å². The van der Waals surface area contributed by atoms with Gasteiger partial charge in [0.2, 0.25) is 0 Å². The Hall–Kier alpha value is -1.98. The van der Waals surface area contributed by atoms with Crippen LogP contribution in [0, 0.1) is 11.3 Å². The van der Waals surface area contributed by atoms with Crippen molar-refractivity contribution < 1.29 is 9.32 Å². The molecule has 0 radical (unpaired) electrons. The van der Waals surface area contributed by atoms with Crippen LogP contribution in [0.3, 0.4) is 0 Å². The van der Waals surface area contributed by atoms with Gasteiger partial charge in [-0.3, -0.25) is 4.21 Å².